The van der Waals surface area contributed by atoms with Crippen LogP contribution >= 0.6 is 0 Å². The molecule has 1 rings (SSSR count). The van der Waals surface area contributed by atoms with E-state index >= 15 is 0 Å². The SMILES string of the molecule is CCCCOc1ccccc1N(C)C=C(C#N)C#N. The van der Waals surface area contributed by atoms with E-state index in [4.69, 9.17) is 15.3 Å². The highest BCUT2D eigenvalue weighted by Gasteiger charge is 2.07. The molecule has 0 aliphatic rings. The van der Waals surface area contributed by atoms with Crippen molar-refractivity contribution < 1.29 is 4.74 Å². The van der Waals surface area contributed by atoms with Crippen molar-refractivity contribution in [3.05, 3.63) is 36.0 Å². The maximum absolute atomic E-state index is 8.77. The summed E-state index contributed by atoms with van der Waals surface area (Å²) in [7, 11) is 1.79. The quantitative estimate of drug-likeness (QED) is 0.578. The number of hydrogen-bond donors (Lipinski definition) is 0. The van der Waals surface area contributed by atoms with E-state index in [9.17, 15) is 0 Å². The molecule has 0 aliphatic heterocycles. The Hall–Kier alpha value is -2.46. The van der Waals surface area contributed by atoms with E-state index in [0.29, 0.717) is 6.61 Å². The summed E-state index contributed by atoms with van der Waals surface area (Å²) >= 11 is 0. The van der Waals surface area contributed by atoms with Crippen LogP contribution in [0.15, 0.2) is 36.0 Å². The normalized spacial score (nSPS) is 9.05. The van der Waals surface area contributed by atoms with Crippen LogP contribution in [-0.2, 0) is 0 Å². The molecule has 0 heterocycles. The first kappa shape index (κ1) is 14.6. The number of unbranched alkanes of at least 4 members (excludes halogenated alkanes) is 1. The number of nitriles is 2. The van der Waals surface area contributed by atoms with E-state index in [1.165, 1.54) is 6.20 Å². The van der Waals surface area contributed by atoms with Crippen molar-refractivity contribution in [2.75, 3.05) is 18.6 Å². The fraction of sp³-hybridized carbons (Fsp3) is 0.333. The van der Waals surface area contributed by atoms with Gasteiger partial charge in [-0.05, 0) is 18.6 Å². The van der Waals surface area contributed by atoms with Crippen LogP contribution in [0.25, 0.3) is 0 Å². The van der Waals surface area contributed by atoms with Crippen molar-refractivity contribution in [3.63, 3.8) is 0 Å². The lowest BCUT2D eigenvalue weighted by atomic mass is 10.2. The summed E-state index contributed by atoms with van der Waals surface area (Å²) in [5.74, 6) is 0.755. The number of ether oxygens (including phenoxy) is 1. The summed E-state index contributed by atoms with van der Waals surface area (Å²) < 4.78 is 5.71. The monoisotopic (exact) mass is 255 g/mol. The summed E-state index contributed by atoms with van der Waals surface area (Å²) in [6.07, 6.45) is 3.57. The maximum Gasteiger partial charge on any atom is 0.145 e. The molecular formula is C15H17N3O. The Kier molecular flexibility index (Phi) is 5.98. The van der Waals surface area contributed by atoms with Gasteiger partial charge in [-0.25, -0.2) is 0 Å². The molecule has 0 radical (unpaired) electrons. The highest BCUT2D eigenvalue weighted by Crippen LogP contribution is 2.27. The van der Waals surface area contributed by atoms with Crippen LogP contribution in [0.1, 0.15) is 19.8 Å². The van der Waals surface area contributed by atoms with Gasteiger partial charge in [-0.15, -0.1) is 0 Å². The Morgan fingerprint density at radius 1 is 1.32 bits per heavy atom. The van der Waals surface area contributed by atoms with Crippen LogP contribution in [0, 0.1) is 22.7 Å². The van der Waals surface area contributed by atoms with Gasteiger partial charge < -0.3 is 9.64 Å². The average Bonchev–Trinajstić information content (AvgIpc) is 2.45. The van der Waals surface area contributed by atoms with Crippen LogP contribution in [0.3, 0.4) is 0 Å². The average molecular weight is 255 g/mol. The maximum atomic E-state index is 8.77. The number of benzene rings is 1. The first-order chi connectivity index (χ1) is 9.22. The zero-order valence-corrected chi connectivity index (χ0v) is 11.3. The van der Waals surface area contributed by atoms with Crippen molar-refractivity contribution in [1.82, 2.24) is 0 Å². The molecular weight excluding hydrogens is 238 g/mol. The summed E-state index contributed by atoms with van der Waals surface area (Å²) in [5.41, 5.74) is 0.896. The van der Waals surface area contributed by atoms with Crippen molar-refractivity contribution in [2.24, 2.45) is 0 Å². The molecule has 0 atom stereocenters. The number of anilines is 1. The number of hydrogen-bond acceptors (Lipinski definition) is 4. The molecule has 0 fully saturated rings. The van der Waals surface area contributed by atoms with Gasteiger partial charge in [-0.1, -0.05) is 25.5 Å². The van der Waals surface area contributed by atoms with E-state index in [0.717, 1.165) is 24.3 Å². The third-order valence-corrected chi connectivity index (χ3v) is 2.56. The van der Waals surface area contributed by atoms with Crippen LogP contribution in [0.5, 0.6) is 5.75 Å². The van der Waals surface area contributed by atoms with Gasteiger partial charge in [-0.2, -0.15) is 10.5 Å². The lowest BCUT2D eigenvalue weighted by Crippen LogP contribution is -2.11. The third-order valence-electron chi connectivity index (χ3n) is 2.56. The number of para-hydroxylation sites is 2. The van der Waals surface area contributed by atoms with Crippen LogP contribution in [0.2, 0.25) is 0 Å². The zero-order valence-electron chi connectivity index (χ0n) is 11.3. The third kappa shape index (κ3) is 4.37. The van der Waals surface area contributed by atoms with E-state index in [2.05, 4.69) is 6.92 Å². The topological polar surface area (TPSA) is 60.0 Å². The van der Waals surface area contributed by atoms with Crippen molar-refractivity contribution in [1.29, 1.82) is 10.5 Å². The van der Waals surface area contributed by atoms with Gasteiger partial charge in [-0.3, -0.25) is 0 Å². The number of rotatable bonds is 6. The van der Waals surface area contributed by atoms with Crippen LogP contribution in [-0.4, -0.2) is 13.7 Å². The highest BCUT2D eigenvalue weighted by atomic mass is 16.5. The molecule has 0 unspecified atom stereocenters. The van der Waals surface area contributed by atoms with Gasteiger partial charge in [0.1, 0.15) is 23.5 Å². The van der Waals surface area contributed by atoms with Gasteiger partial charge in [0.2, 0.25) is 0 Å². The molecule has 0 spiro atoms. The Labute approximate surface area is 114 Å². The summed E-state index contributed by atoms with van der Waals surface area (Å²) in [6.45, 7) is 2.77. The Morgan fingerprint density at radius 3 is 2.63 bits per heavy atom. The van der Waals surface area contributed by atoms with E-state index in [-0.39, 0.29) is 5.57 Å². The fourth-order valence-corrected chi connectivity index (χ4v) is 1.54. The molecule has 19 heavy (non-hydrogen) atoms. The molecule has 0 N–H and O–H groups in total. The highest BCUT2D eigenvalue weighted by molar-refractivity contribution is 5.61. The Morgan fingerprint density at radius 2 is 2.00 bits per heavy atom. The first-order valence-electron chi connectivity index (χ1n) is 6.19. The molecule has 0 aromatic heterocycles. The summed E-state index contributed by atoms with van der Waals surface area (Å²) in [4.78, 5) is 1.73. The molecule has 0 amide bonds. The van der Waals surface area contributed by atoms with Crippen LogP contribution in [0.4, 0.5) is 5.69 Å². The second-order valence-corrected chi connectivity index (χ2v) is 4.05. The standard InChI is InChI=1S/C15H17N3O/c1-3-4-9-19-15-8-6-5-7-14(15)18(2)12-13(10-16)11-17/h5-8,12H,3-4,9H2,1-2H3. The van der Waals surface area contributed by atoms with Gasteiger partial charge in [0.25, 0.3) is 0 Å². The first-order valence-corrected chi connectivity index (χ1v) is 6.19. The summed E-state index contributed by atoms with van der Waals surface area (Å²) in [6, 6.07) is 11.3. The predicted molar refractivity (Wildman–Crippen MR) is 74.6 cm³/mol. The molecule has 0 saturated carbocycles. The smallest absolute Gasteiger partial charge is 0.145 e. The van der Waals surface area contributed by atoms with Gasteiger partial charge in [0.05, 0.1) is 12.3 Å². The molecule has 1 aromatic rings. The minimum Gasteiger partial charge on any atom is -0.491 e. The lowest BCUT2D eigenvalue weighted by molar-refractivity contribution is 0.310. The van der Waals surface area contributed by atoms with E-state index in [1.807, 2.05) is 36.4 Å². The minimum absolute atomic E-state index is 0.0610. The van der Waals surface area contributed by atoms with Crippen molar-refractivity contribution in [2.45, 2.75) is 19.8 Å². The lowest BCUT2D eigenvalue weighted by Gasteiger charge is -2.18. The Bertz CT molecular complexity index is 507. The van der Waals surface area contributed by atoms with E-state index in [1.54, 1.807) is 11.9 Å². The number of nitrogens with zero attached hydrogens (tertiary/aromatic N) is 3. The molecule has 0 aliphatic carbocycles. The number of allylic oxidation sites excluding steroid dienone is 1. The van der Waals surface area contributed by atoms with Gasteiger partial charge in [0.15, 0.2) is 0 Å². The zero-order chi connectivity index (χ0) is 14.1. The van der Waals surface area contributed by atoms with Gasteiger partial charge >= 0.3 is 0 Å². The molecule has 0 bridgehead atoms. The largest absolute Gasteiger partial charge is 0.491 e. The molecule has 4 nitrogen and oxygen atoms in total. The summed E-state index contributed by atoms with van der Waals surface area (Å²) in [5, 5.41) is 17.5. The predicted octanol–water partition coefficient (Wildman–Crippen LogP) is 3.23. The van der Waals surface area contributed by atoms with E-state index < -0.39 is 0 Å². The van der Waals surface area contributed by atoms with Crippen molar-refractivity contribution in [3.8, 4) is 17.9 Å². The molecule has 0 saturated heterocycles. The minimum atomic E-state index is 0.0610. The molecule has 1 aromatic carbocycles. The molecule has 4 heteroatoms. The van der Waals surface area contributed by atoms with Crippen molar-refractivity contribution >= 4 is 5.69 Å². The molecule has 98 valence electrons. The van der Waals surface area contributed by atoms with Gasteiger partial charge in [0, 0.05) is 13.2 Å². The Balaban J connectivity index is 2.91. The fourth-order valence-electron chi connectivity index (χ4n) is 1.54. The second-order valence-electron chi connectivity index (χ2n) is 4.05. The second kappa shape index (κ2) is 7.79. The van der Waals surface area contributed by atoms with Crippen LogP contribution < -0.4 is 9.64 Å².